The van der Waals surface area contributed by atoms with Crippen LogP contribution in [0.1, 0.15) is 39.1 Å². The number of hydrogen-bond donors (Lipinski definition) is 2. The van der Waals surface area contributed by atoms with E-state index in [4.69, 9.17) is 0 Å². The Balaban J connectivity index is 1.24. The van der Waals surface area contributed by atoms with Crippen molar-refractivity contribution in [1.29, 1.82) is 0 Å². The van der Waals surface area contributed by atoms with Crippen LogP contribution in [0.4, 0.5) is 5.69 Å². The SMILES string of the molecule is O=C(CCCN1C(=O)c2ccc([N+](=O)[O-])cc2C1=O)NCCc1ccc2cc[nH]c2c1. The van der Waals surface area contributed by atoms with Gasteiger partial charge < -0.3 is 10.3 Å². The second kappa shape index (κ2) is 8.39. The number of non-ortho nitro benzene ring substituents is 1. The van der Waals surface area contributed by atoms with Crippen molar-refractivity contribution in [2.75, 3.05) is 13.1 Å². The number of aromatic amines is 1. The first-order valence-electron chi connectivity index (χ1n) is 9.91. The van der Waals surface area contributed by atoms with Gasteiger partial charge in [-0.25, -0.2) is 0 Å². The maximum atomic E-state index is 12.4. The van der Waals surface area contributed by atoms with E-state index in [0.717, 1.165) is 27.4 Å². The molecule has 0 unspecified atom stereocenters. The van der Waals surface area contributed by atoms with Gasteiger partial charge in [0.25, 0.3) is 17.5 Å². The van der Waals surface area contributed by atoms with Gasteiger partial charge in [-0.15, -0.1) is 0 Å². The first-order chi connectivity index (χ1) is 14.9. The van der Waals surface area contributed by atoms with Gasteiger partial charge in [0.15, 0.2) is 0 Å². The number of nitrogens with zero attached hydrogens (tertiary/aromatic N) is 2. The fourth-order valence-electron chi connectivity index (χ4n) is 3.68. The van der Waals surface area contributed by atoms with Gasteiger partial charge in [-0.1, -0.05) is 12.1 Å². The Hall–Kier alpha value is -4.01. The Labute approximate surface area is 177 Å². The van der Waals surface area contributed by atoms with Gasteiger partial charge in [-0.3, -0.25) is 29.4 Å². The Morgan fingerprint density at radius 1 is 1.06 bits per heavy atom. The number of rotatable bonds is 8. The molecule has 2 aromatic carbocycles. The zero-order valence-electron chi connectivity index (χ0n) is 16.6. The molecule has 1 aliphatic rings. The molecule has 4 rings (SSSR count). The highest BCUT2D eigenvalue weighted by molar-refractivity contribution is 6.21. The highest BCUT2D eigenvalue weighted by Crippen LogP contribution is 2.27. The molecule has 0 aliphatic carbocycles. The van der Waals surface area contributed by atoms with Crippen molar-refractivity contribution < 1.29 is 19.3 Å². The molecule has 0 saturated heterocycles. The zero-order valence-corrected chi connectivity index (χ0v) is 16.6. The van der Waals surface area contributed by atoms with Crippen LogP contribution in [0.3, 0.4) is 0 Å². The van der Waals surface area contributed by atoms with Crippen LogP contribution in [0.25, 0.3) is 10.9 Å². The van der Waals surface area contributed by atoms with E-state index < -0.39 is 16.7 Å². The van der Waals surface area contributed by atoms with E-state index in [-0.39, 0.29) is 35.7 Å². The number of hydrogen-bond acceptors (Lipinski definition) is 5. The van der Waals surface area contributed by atoms with Crippen LogP contribution >= 0.6 is 0 Å². The van der Waals surface area contributed by atoms with Crippen molar-refractivity contribution in [3.8, 4) is 0 Å². The lowest BCUT2D eigenvalue weighted by atomic mass is 10.1. The Kier molecular flexibility index (Phi) is 5.48. The van der Waals surface area contributed by atoms with Crippen LogP contribution in [0, 0.1) is 10.1 Å². The summed E-state index contributed by atoms with van der Waals surface area (Å²) >= 11 is 0. The van der Waals surface area contributed by atoms with Crippen molar-refractivity contribution >= 4 is 34.3 Å². The highest BCUT2D eigenvalue weighted by atomic mass is 16.6. The largest absolute Gasteiger partial charge is 0.361 e. The number of carbonyl (C=O) groups excluding carboxylic acids is 3. The van der Waals surface area contributed by atoms with Crippen LogP contribution in [0.2, 0.25) is 0 Å². The molecule has 1 aromatic heterocycles. The van der Waals surface area contributed by atoms with Gasteiger partial charge in [-0.05, 0) is 42.0 Å². The van der Waals surface area contributed by atoms with E-state index in [2.05, 4.69) is 10.3 Å². The predicted molar refractivity (Wildman–Crippen MR) is 113 cm³/mol. The van der Waals surface area contributed by atoms with E-state index in [9.17, 15) is 24.5 Å². The van der Waals surface area contributed by atoms with Gasteiger partial charge in [-0.2, -0.15) is 0 Å². The third kappa shape index (κ3) is 4.16. The normalized spacial score (nSPS) is 13.0. The van der Waals surface area contributed by atoms with Gasteiger partial charge in [0.1, 0.15) is 0 Å². The number of carbonyl (C=O) groups is 3. The number of nitro groups is 1. The van der Waals surface area contributed by atoms with Gasteiger partial charge >= 0.3 is 0 Å². The van der Waals surface area contributed by atoms with Crippen molar-refractivity contribution in [1.82, 2.24) is 15.2 Å². The van der Waals surface area contributed by atoms with Gasteiger partial charge in [0, 0.05) is 43.4 Å². The lowest BCUT2D eigenvalue weighted by Gasteiger charge is -2.13. The third-order valence-electron chi connectivity index (χ3n) is 5.31. The summed E-state index contributed by atoms with van der Waals surface area (Å²) in [7, 11) is 0. The van der Waals surface area contributed by atoms with Crippen molar-refractivity contribution in [2.45, 2.75) is 19.3 Å². The average Bonchev–Trinajstić information content (AvgIpc) is 3.31. The Morgan fingerprint density at radius 2 is 1.87 bits per heavy atom. The van der Waals surface area contributed by atoms with Crippen molar-refractivity contribution in [2.24, 2.45) is 0 Å². The van der Waals surface area contributed by atoms with E-state index in [1.807, 2.05) is 30.5 Å². The summed E-state index contributed by atoms with van der Waals surface area (Å²) in [5, 5.41) is 14.9. The summed E-state index contributed by atoms with van der Waals surface area (Å²) in [5.74, 6) is -1.22. The van der Waals surface area contributed by atoms with Crippen LogP contribution in [-0.4, -0.2) is 45.6 Å². The summed E-state index contributed by atoms with van der Waals surface area (Å²) < 4.78 is 0. The second-order valence-corrected chi connectivity index (χ2v) is 7.35. The number of H-pyrrole nitrogens is 1. The molecule has 3 aromatic rings. The molecule has 3 amide bonds. The first-order valence-corrected chi connectivity index (χ1v) is 9.91. The molecular weight excluding hydrogens is 400 g/mol. The Bertz CT molecular complexity index is 1200. The van der Waals surface area contributed by atoms with Crippen molar-refractivity contribution in [3.05, 3.63) is 75.5 Å². The number of nitro benzene ring substituents is 1. The summed E-state index contributed by atoms with van der Waals surface area (Å²) in [6.07, 6.45) is 3.06. The van der Waals surface area contributed by atoms with E-state index >= 15 is 0 Å². The monoisotopic (exact) mass is 420 g/mol. The smallest absolute Gasteiger partial charge is 0.270 e. The van der Waals surface area contributed by atoms with E-state index in [1.54, 1.807) is 0 Å². The summed E-state index contributed by atoms with van der Waals surface area (Å²) in [6, 6.07) is 11.7. The molecule has 2 heterocycles. The highest BCUT2D eigenvalue weighted by Gasteiger charge is 2.36. The Morgan fingerprint density at radius 3 is 2.68 bits per heavy atom. The third-order valence-corrected chi connectivity index (χ3v) is 5.31. The van der Waals surface area contributed by atoms with Gasteiger partial charge in [0.05, 0.1) is 16.1 Å². The molecule has 0 fully saturated rings. The number of amides is 3. The average molecular weight is 420 g/mol. The standard InChI is InChI=1S/C22H20N4O5/c27-20(24-9-7-14-3-4-15-8-10-23-19(15)12-14)2-1-11-25-21(28)17-6-5-16(26(30)31)13-18(17)22(25)29/h3-6,8,10,12-13,23H,1-2,7,9,11H2,(H,24,27). The number of benzene rings is 2. The topological polar surface area (TPSA) is 125 Å². The number of nitrogens with one attached hydrogen (secondary N) is 2. The summed E-state index contributed by atoms with van der Waals surface area (Å²) in [6.45, 7) is 0.568. The van der Waals surface area contributed by atoms with Gasteiger partial charge in [0.2, 0.25) is 5.91 Å². The minimum absolute atomic E-state index is 0.0303. The van der Waals surface area contributed by atoms with E-state index in [1.165, 1.54) is 12.1 Å². The van der Waals surface area contributed by atoms with Crippen LogP contribution in [0.5, 0.6) is 0 Å². The molecule has 158 valence electrons. The molecular formula is C22H20N4O5. The predicted octanol–water partition coefficient (Wildman–Crippen LogP) is 2.81. The maximum Gasteiger partial charge on any atom is 0.270 e. The lowest BCUT2D eigenvalue weighted by Crippen LogP contribution is -2.32. The number of fused-ring (bicyclic) bond motifs is 2. The van der Waals surface area contributed by atoms with Crippen LogP contribution in [-0.2, 0) is 11.2 Å². The minimum atomic E-state index is -0.610. The quantitative estimate of drug-likeness (QED) is 0.329. The molecule has 9 heteroatoms. The molecule has 0 atom stereocenters. The summed E-state index contributed by atoms with van der Waals surface area (Å²) in [4.78, 5) is 51.4. The maximum absolute atomic E-state index is 12.4. The molecule has 31 heavy (non-hydrogen) atoms. The fraction of sp³-hybridized carbons (Fsp3) is 0.227. The molecule has 0 radical (unpaired) electrons. The summed E-state index contributed by atoms with van der Waals surface area (Å²) in [5.41, 5.74) is 2.10. The molecule has 0 saturated carbocycles. The van der Waals surface area contributed by atoms with Crippen LogP contribution in [0.15, 0.2) is 48.7 Å². The minimum Gasteiger partial charge on any atom is -0.361 e. The molecule has 0 bridgehead atoms. The lowest BCUT2D eigenvalue weighted by molar-refractivity contribution is -0.384. The first kappa shape index (κ1) is 20.3. The molecule has 2 N–H and O–H groups in total. The molecule has 0 spiro atoms. The number of imide groups is 1. The van der Waals surface area contributed by atoms with Crippen LogP contribution < -0.4 is 5.32 Å². The van der Waals surface area contributed by atoms with Crippen molar-refractivity contribution in [3.63, 3.8) is 0 Å². The molecule has 1 aliphatic heterocycles. The fourth-order valence-corrected chi connectivity index (χ4v) is 3.68. The number of aromatic nitrogens is 1. The second-order valence-electron chi connectivity index (χ2n) is 7.35. The molecule has 9 nitrogen and oxygen atoms in total. The zero-order chi connectivity index (χ0) is 22.0. The van der Waals surface area contributed by atoms with E-state index in [0.29, 0.717) is 19.4 Å².